The topological polar surface area (TPSA) is 112 Å². The third kappa shape index (κ3) is 24.4. The van der Waals surface area contributed by atoms with E-state index in [0.29, 0.717) is 44.4 Å². The summed E-state index contributed by atoms with van der Waals surface area (Å²) in [6.07, 6.45) is 22.8. The third-order valence-corrected chi connectivity index (χ3v) is 23.2. The zero-order chi connectivity index (χ0) is 71.6. The quantitative estimate of drug-likeness (QED) is 0.0410. The van der Waals surface area contributed by atoms with E-state index in [0.717, 1.165) is 119 Å². The Morgan fingerprint density at radius 2 is 0.843 bits per heavy atom. The van der Waals surface area contributed by atoms with Gasteiger partial charge < -0.3 is 35.5 Å². The first kappa shape index (κ1) is 79.4. The number of carbonyl (C=O) groups excluding carboxylic acids is 1. The summed E-state index contributed by atoms with van der Waals surface area (Å²) in [7, 11) is 5.14. The molecule has 3 unspecified atom stereocenters. The maximum atomic E-state index is 12.7. The molecule has 6 aromatic rings. The summed E-state index contributed by atoms with van der Waals surface area (Å²) < 4.78 is 16.3. The van der Waals surface area contributed by atoms with Crippen molar-refractivity contribution in [2.45, 2.75) is 172 Å². The Hall–Kier alpha value is -5.17. The molecule has 0 bridgehead atoms. The fourth-order valence-corrected chi connectivity index (χ4v) is 17.5. The number of amides is 2. The predicted molar refractivity (Wildman–Crippen MR) is 432 cm³/mol. The molecule has 102 heavy (non-hydrogen) atoms. The lowest BCUT2D eigenvalue weighted by Gasteiger charge is -2.43. The van der Waals surface area contributed by atoms with Crippen molar-refractivity contribution in [2.75, 3.05) is 138 Å². The Morgan fingerprint density at radius 3 is 1.26 bits per heavy atom. The highest BCUT2D eigenvalue weighted by Crippen LogP contribution is 2.35. The van der Waals surface area contributed by atoms with Gasteiger partial charge in [-0.15, -0.1) is 0 Å². The van der Waals surface area contributed by atoms with Crippen LogP contribution in [0.5, 0.6) is 17.2 Å². The van der Waals surface area contributed by atoms with E-state index in [-0.39, 0.29) is 21.8 Å². The number of methoxy groups -OCH3 is 3. The van der Waals surface area contributed by atoms with Crippen LogP contribution in [0, 0.1) is 0 Å². The smallest absolute Gasteiger partial charge is 0.319 e. The maximum Gasteiger partial charge on any atom is 0.319 e. The Labute approximate surface area is 636 Å². The van der Waals surface area contributed by atoms with E-state index in [1.165, 1.54) is 163 Å². The monoisotopic (exact) mass is 1480 g/mol. The largest absolute Gasteiger partial charge is 0.497 e. The maximum absolute atomic E-state index is 12.7. The number of anilines is 1. The van der Waals surface area contributed by atoms with Crippen molar-refractivity contribution in [3.63, 3.8) is 0 Å². The Kier molecular flexibility index (Phi) is 32.0. The molecule has 3 heterocycles. The van der Waals surface area contributed by atoms with Crippen molar-refractivity contribution < 1.29 is 23.3 Å². The van der Waals surface area contributed by atoms with E-state index < -0.39 is 0 Å². The molecule has 6 fully saturated rings. The van der Waals surface area contributed by atoms with Crippen LogP contribution >= 0.6 is 46.4 Å². The summed E-state index contributed by atoms with van der Waals surface area (Å²) in [6, 6.07) is 48.2. The number of rotatable bonds is 25. The van der Waals surface area contributed by atoms with E-state index >= 15 is 0 Å². The Morgan fingerprint density at radius 1 is 0.451 bits per heavy atom. The summed E-state index contributed by atoms with van der Waals surface area (Å²) in [5, 5.41) is 15.7. The van der Waals surface area contributed by atoms with Gasteiger partial charge in [0.2, 0.25) is 0 Å². The van der Waals surface area contributed by atoms with Crippen molar-refractivity contribution in [3.8, 4) is 17.2 Å². The second kappa shape index (κ2) is 41.1. The SMILES string of the molecule is COc1ccc(C(CNCCc2cc(Cl)cc(Cl)c2)N2CCN(C3CCCCC3)CC2)cc1.COc1ccc(CCNCC(c2ccc(C(C)(C)C)cc2)N2CCN(C3CCCCC3)CC2)cc1.COc1ccccc1C(CNC(=O)Nc1cc(Cl)cc(Cl)c1)N1CCN(C2CCCCC2)CC1.[HH].[HH].[HH]. The molecule has 3 aliphatic carbocycles. The van der Waals surface area contributed by atoms with Gasteiger partial charge in [-0.3, -0.25) is 29.4 Å². The summed E-state index contributed by atoms with van der Waals surface area (Å²) in [6.45, 7) is 24.6. The van der Waals surface area contributed by atoms with Gasteiger partial charge in [0.15, 0.2) is 0 Å². The Bertz CT molecular complexity index is 3390. The van der Waals surface area contributed by atoms with Crippen molar-refractivity contribution in [1.82, 2.24) is 45.3 Å². The minimum Gasteiger partial charge on any atom is -0.497 e. The highest BCUT2D eigenvalue weighted by molar-refractivity contribution is 6.35. The molecule has 18 heteroatoms. The molecule has 6 aromatic carbocycles. The van der Waals surface area contributed by atoms with E-state index in [1.54, 1.807) is 45.6 Å². The lowest BCUT2D eigenvalue weighted by atomic mass is 9.86. The molecule has 4 N–H and O–H groups in total. The van der Waals surface area contributed by atoms with Crippen LogP contribution in [0.25, 0.3) is 0 Å². The van der Waals surface area contributed by atoms with Gasteiger partial charge in [0, 0.05) is 164 Å². The fraction of sp³-hybridized carbons (Fsp3) is 0.560. The normalized spacial score (nSPS) is 19.3. The number of halogens is 4. The van der Waals surface area contributed by atoms with Crippen LogP contribution in [-0.4, -0.2) is 186 Å². The van der Waals surface area contributed by atoms with Crippen LogP contribution in [0.1, 0.15) is 173 Å². The molecule has 3 saturated heterocycles. The predicted octanol–water partition coefficient (Wildman–Crippen LogP) is 18.2. The number of nitrogens with zero attached hydrogens (tertiary/aromatic N) is 6. The first-order valence-corrected chi connectivity index (χ1v) is 39.9. The first-order valence-electron chi connectivity index (χ1n) is 38.4. The van der Waals surface area contributed by atoms with Crippen molar-refractivity contribution in [2.24, 2.45) is 0 Å². The van der Waals surface area contributed by atoms with Crippen LogP contribution in [0.15, 0.2) is 133 Å². The van der Waals surface area contributed by atoms with Crippen LogP contribution in [0.2, 0.25) is 20.1 Å². The van der Waals surface area contributed by atoms with Gasteiger partial charge in [-0.1, -0.05) is 192 Å². The van der Waals surface area contributed by atoms with Gasteiger partial charge in [0.25, 0.3) is 0 Å². The van der Waals surface area contributed by atoms with Gasteiger partial charge in [0.1, 0.15) is 17.2 Å². The van der Waals surface area contributed by atoms with Crippen LogP contribution in [0.4, 0.5) is 10.5 Å². The third-order valence-electron chi connectivity index (χ3n) is 22.3. The van der Waals surface area contributed by atoms with E-state index in [9.17, 15) is 4.79 Å². The molecule has 3 atom stereocenters. The number of para-hydroxylation sites is 1. The molecule has 14 nitrogen and oxygen atoms in total. The molecule has 0 aromatic heterocycles. The van der Waals surface area contributed by atoms with Gasteiger partial charge in [-0.2, -0.15) is 0 Å². The highest BCUT2D eigenvalue weighted by Gasteiger charge is 2.34. The van der Waals surface area contributed by atoms with Crippen LogP contribution in [0.3, 0.4) is 0 Å². The standard InChI is InChI=1S/C31H47N3O.C27H37Cl2N3O.C26H34Cl2N4O2.3H2/c1-31(2,3)27-14-12-26(13-15-27)30(24-32-19-18-25-10-16-29(35-4)17-11-25)34-22-20-33(21-23-34)28-8-6-5-7-9-28;1-33-26-9-7-22(8-10-26)27(20-30-12-11-21-17-23(28)19-24(29)18-21)32-15-13-31(14-16-32)25-5-3-2-4-6-25;1-34-25-10-6-5-9-23(25)24(18-29-26(33)30-21-16-19(27)15-20(28)17-21)32-13-11-31(12-14-32)22-7-3-2-4-8-22;;;/h10-17,28,30,32H,5-9,18-24H2,1-4H3;7-10,17-19,25,27,30H,2-6,11-16,20H2,1H3;5-6,9-10,15-17,22,24H,2-4,7-8,11-14,18H2,1H3,(H2,29,30,33);3*1H. The van der Waals surface area contributed by atoms with E-state index in [4.69, 9.17) is 60.6 Å². The van der Waals surface area contributed by atoms with Crippen molar-refractivity contribution >= 4 is 58.1 Å². The van der Waals surface area contributed by atoms with Gasteiger partial charge in [-0.05, 0) is 164 Å². The average Bonchev–Trinajstić information content (AvgIpc) is 1.08. The van der Waals surface area contributed by atoms with E-state index in [2.05, 4.69) is 150 Å². The number of nitrogens with one attached hydrogen (secondary N) is 4. The van der Waals surface area contributed by atoms with Gasteiger partial charge >= 0.3 is 6.03 Å². The highest BCUT2D eigenvalue weighted by atomic mass is 35.5. The molecule has 0 radical (unpaired) electrons. The minimum atomic E-state index is -0.293. The van der Waals surface area contributed by atoms with Crippen molar-refractivity contribution in [1.29, 1.82) is 0 Å². The van der Waals surface area contributed by atoms with Gasteiger partial charge in [-0.25, -0.2) is 4.79 Å². The fourth-order valence-electron chi connectivity index (χ4n) is 16.4. The van der Waals surface area contributed by atoms with Crippen LogP contribution < -0.4 is 35.5 Å². The van der Waals surface area contributed by atoms with E-state index in [1.807, 2.05) is 30.3 Å². The average molecular weight is 1480 g/mol. The zero-order valence-corrected chi connectivity index (χ0v) is 65.1. The number of benzene rings is 6. The summed E-state index contributed by atoms with van der Waals surface area (Å²) >= 11 is 24.4. The molecule has 12 rings (SSSR count). The summed E-state index contributed by atoms with van der Waals surface area (Å²) in [5.41, 5.74) is 8.56. The molecular weight excluding hydrogens is 1350 g/mol. The zero-order valence-electron chi connectivity index (χ0n) is 62.0. The van der Waals surface area contributed by atoms with Crippen LogP contribution in [-0.2, 0) is 18.3 Å². The van der Waals surface area contributed by atoms with Gasteiger partial charge in [0.05, 0.1) is 27.4 Å². The summed E-state index contributed by atoms with van der Waals surface area (Å²) in [5.74, 6) is 2.67. The molecule has 3 aliphatic heterocycles. The molecular formula is C84H124Cl4N10O4. The summed E-state index contributed by atoms with van der Waals surface area (Å²) in [4.78, 5) is 28.7. The lowest BCUT2D eigenvalue weighted by molar-refractivity contribution is 0.0559. The first-order chi connectivity index (χ1) is 49.6. The Balaban J connectivity index is 0.000000217. The number of hydrogen-bond acceptors (Lipinski definition) is 12. The number of ether oxygens (including phenoxy) is 3. The molecule has 562 valence electrons. The number of piperazine rings is 3. The minimum absolute atomic E-state index is 0. The number of hydrogen-bond donors (Lipinski definition) is 4. The second-order valence-electron chi connectivity index (χ2n) is 30.1. The molecule has 2 amide bonds. The second-order valence-corrected chi connectivity index (χ2v) is 31.8. The number of carbonyl (C=O) groups is 1. The molecule has 6 aliphatic rings. The van der Waals surface area contributed by atoms with Crippen molar-refractivity contribution in [3.05, 3.63) is 187 Å². The number of urea groups is 1. The lowest BCUT2D eigenvalue weighted by Crippen LogP contribution is -2.53. The molecule has 3 saturated carbocycles. The molecule has 0 spiro atoms.